The number of amides is 1. The summed E-state index contributed by atoms with van der Waals surface area (Å²) < 4.78 is 36.5. The molecule has 0 saturated carbocycles. The van der Waals surface area contributed by atoms with E-state index in [1.165, 1.54) is 11.4 Å². The van der Waals surface area contributed by atoms with Crippen LogP contribution < -0.4 is 9.47 Å². The summed E-state index contributed by atoms with van der Waals surface area (Å²) >= 11 is 6.35. The Labute approximate surface area is 172 Å². The van der Waals surface area contributed by atoms with Crippen molar-refractivity contribution in [3.63, 3.8) is 0 Å². The first-order chi connectivity index (χ1) is 13.2. The highest BCUT2D eigenvalue weighted by Crippen LogP contribution is 2.37. The Hall–Kier alpha value is -1.51. The van der Waals surface area contributed by atoms with Gasteiger partial charge in [0.2, 0.25) is 10.0 Å². The molecule has 0 unspecified atom stereocenters. The van der Waals surface area contributed by atoms with E-state index in [9.17, 15) is 13.2 Å². The third-order valence-corrected chi connectivity index (χ3v) is 6.86. The lowest BCUT2D eigenvalue weighted by Crippen LogP contribution is -2.50. The Morgan fingerprint density at radius 3 is 2.39 bits per heavy atom. The minimum Gasteiger partial charge on any atom is -0.493 e. The lowest BCUT2D eigenvalue weighted by molar-refractivity contribution is 0.0697. The molecular weight excluding hydrogens is 404 g/mol. The highest BCUT2D eigenvalue weighted by Gasteiger charge is 2.29. The monoisotopic (exact) mass is 432 g/mol. The van der Waals surface area contributed by atoms with Gasteiger partial charge in [-0.2, -0.15) is 4.31 Å². The highest BCUT2D eigenvalue weighted by molar-refractivity contribution is 7.89. The van der Waals surface area contributed by atoms with Crippen LogP contribution >= 0.6 is 11.6 Å². The molecule has 1 saturated heterocycles. The number of sulfonamides is 1. The zero-order valence-corrected chi connectivity index (χ0v) is 18.5. The minimum absolute atomic E-state index is 0.0615. The van der Waals surface area contributed by atoms with Crippen molar-refractivity contribution in [3.05, 3.63) is 22.7 Å². The van der Waals surface area contributed by atoms with E-state index in [0.717, 1.165) is 6.42 Å². The summed E-state index contributed by atoms with van der Waals surface area (Å²) in [5, 5.41) is 0.318. The lowest BCUT2D eigenvalue weighted by atomic mass is 10.1. The molecule has 1 aliphatic rings. The Bertz CT molecular complexity index is 790. The Morgan fingerprint density at radius 1 is 1.21 bits per heavy atom. The fourth-order valence-corrected chi connectivity index (χ4v) is 4.26. The van der Waals surface area contributed by atoms with Gasteiger partial charge in [-0.3, -0.25) is 4.79 Å². The Kier molecular flexibility index (Phi) is 7.97. The van der Waals surface area contributed by atoms with Crippen LogP contribution in [-0.4, -0.2) is 69.2 Å². The molecule has 0 N–H and O–H groups in total. The average molecular weight is 433 g/mol. The van der Waals surface area contributed by atoms with Gasteiger partial charge in [0.05, 0.1) is 24.5 Å². The van der Waals surface area contributed by atoms with E-state index in [4.69, 9.17) is 21.1 Å². The van der Waals surface area contributed by atoms with E-state index in [0.29, 0.717) is 60.8 Å². The number of piperazine rings is 1. The summed E-state index contributed by atoms with van der Waals surface area (Å²) in [7, 11) is -1.73. The second-order valence-electron chi connectivity index (χ2n) is 7.11. The SMILES string of the molecule is CCS(=O)(=O)N1CCN(C(=O)c2cc(Cl)c(OCCC(C)C)c(OC)c2)CC1. The molecule has 0 aromatic heterocycles. The number of halogens is 1. The van der Waals surface area contributed by atoms with Gasteiger partial charge in [-0.05, 0) is 31.4 Å². The molecule has 1 fully saturated rings. The first kappa shape index (κ1) is 22.8. The molecule has 1 amide bonds. The van der Waals surface area contributed by atoms with Gasteiger partial charge in [-0.15, -0.1) is 0 Å². The van der Waals surface area contributed by atoms with E-state index >= 15 is 0 Å². The molecule has 0 aliphatic carbocycles. The van der Waals surface area contributed by atoms with Gasteiger partial charge in [0.15, 0.2) is 11.5 Å². The normalized spacial score (nSPS) is 15.7. The van der Waals surface area contributed by atoms with Gasteiger partial charge in [0, 0.05) is 31.7 Å². The van der Waals surface area contributed by atoms with Crippen molar-refractivity contribution < 1.29 is 22.7 Å². The first-order valence-corrected chi connectivity index (χ1v) is 11.5. The second-order valence-corrected chi connectivity index (χ2v) is 9.78. The Morgan fingerprint density at radius 2 is 1.86 bits per heavy atom. The molecule has 0 spiro atoms. The van der Waals surface area contributed by atoms with Crippen LogP contribution in [0.2, 0.25) is 5.02 Å². The number of nitrogens with zero attached hydrogens (tertiary/aromatic N) is 2. The molecule has 1 aromatic rings. The number of methoxy groups -OCH3 is 1. The van der Waals surface area contributed by atoms with Crippen LogP contribution in [0.4, 0.5) is 0 Å². The summed E-state index contributed by atoms with van der Waals surface area (Å²) in [5.41, 5.74) is 0.393. The summed E-state index contributed by atoms with van der Waals surface area (Å²) in [5.74, 6) is 1.20. The molecule has 7 nitrogen and oxygen atoms in total. The van der Waals surface area contributed by atoms with Crippen molar-refractivity contribution >= 4 is 27.5 Å². The number of ether oxygens (including phenoxy) is 2. The van der Waals surface area contributed by atoms with Gasteiger partial charge >= 0.3 is 0 Å². The van der Waals surface area contributed by atoms with Crippen LogP contribution in [0.15, 0.2) is 12.1 Å². The molecule has 0 bridgehead atoms. The van der Waals surface area contributed by atoms with Crippen LogP contribution in [0, 0.1) is 5.92 Å². The zero-order chi connectivity index (χ0) is 20.9. The quantitative estimate of drug-likeness (QED) is 0.631. The number of hydrogen-bond acceptors (Lipinski definition) is 5. The standard InChI is InChI=1S/C19H29ClN2O5S/c1-5-28(24,25)22-9-7-21(8-10-22)19(23)15-12-16(20)18(17(13-15)26-4)27-11-6-14(2)3/h12-14H,5-11H2,1-4H3. The minimum atomic E-state index is -3.24. The fourth-order valence-electron chi connectivity index (χ4n) is 2.91. The number of carbonyl (C=O) groups excluding carboxylic acids is 1. The van der Waals surface area contributed by atoms with Crippen molar-refractivity contribution in [1.29, 1.82) is 0 Å². The molecule has 0 radical (unpaired) electrons. The van der Waals surface area contributed by atoms with Crippen molar-refractivity contribution in [2.75, 3.05) is 45.6 Å². The second kappa shape index (κ2) is 9.80. The molecule has 1 heterocycles. The van der Waals surface area contributed by atoms with Gasteiger partial charge in [0.25, 0.3) is 5.91 Å². The zero-order valence-electron chi connectivity index (χ0n) is 16.9. The maximum absolute atomic E-state index is 12.9. The maximum atomic E-state index is 12.9. The summed E-state index contributed by atoms with van der Waals surface area (Å²) in [4.78, 5) is 14.5. The van der Waals surface area contributed by atoms with Gasteiger partial charge in [0.1, 0.15) is 0 Å². The smallest absolute Gasteiger partial charge is 0.254 e. The third-order valence-electron chi connectivity index (χ3n) is 4.70. The van der Waals surface area contributed by atoms with Gasteiger partial charge in [-0.1, -0.05) is 25.4 Å². The number of rotatable bonds is 8. The molecule has 28 heavy (non-hydrogen) atoms. The fraction of sp³-hybridized carbons (Fsp3) is 0.632. The summed E-state index contributed by atoms with van der Waals surface area (Å²) in [6.45, 7) is 7.60. The van der Waals surface area contributed by atoms with Gasteiger partial charge < -0.3 is 14.4 Å². The average Bonchev–Trinajstić information content (AvgIpc) is 2.68. The number of carbonyl (C=O) groups is 1. The van der Waals surface area contributed by atoms with E-state index in [1.807, 2.05) is 0 Å². The van der Waals surface area contributed by atoms with E-state index in [2.05, 4.69) is 13.8 Å². The van der Waals surface area contributed by atoms with Crippen LogP contribution in [0.1, 0.15) is 37.6 Å². The first-order valence-electron chi connectivity index (χ1n) is 9.47. The van der Waals surface area contributed by atoms with E-state index < -0.39 is 10.0 Å². The number of hydrogen-bond donors (Lipinski definition) is 0. The molecule has 1 aliphatic heterocycles. The topological polar surface area (TPSA) is 76.2 Å². The predicted octanol–water partition coefficient (Wildman–Crippen LogP) is 2.88. The lowest BCUT2D eigenvalue weighted by Gasteiger charge is -2.34. The van der Waals surface area contributed by atoms with Crippen molar-refractivity contribution in [1.82, 2.24) is 9.21 Å². The molecule has 158 valence electrons. The van der Waals surface area contributed by atoms with E-state index in [-0.39, 0.29) is 11.7 Å². The summed E-state index contributed by atoms with van der Waals surface area (Å²) in [6.07, 6.45) is 0.880. The Balaban J connectivity index is 2.11. The maximum Gasteiger partial charge on any atom is 0.254 e. The predicted molar refractivity (Wildman–Crippen MR) is 110 cm³/mol. The number of benzene rings is 1. The van der Waals surface area contributed by atoms with Crippen molar-refractivity contribution in [3.8, 4) is 11.5 Å². The third kappa shape index (κ3) is 5.52. The van der Waals surface area contributed by atoms with Crippen LogP contribution in [0.25, 0.3) is 0 Å². The largest absolute Gasteiger partial charge is 0.493 e. The molecular formula is C19H29ClN2O5S. The van der Waals surface area contributed by atoms with Gasteiger partial charge in [-0.25, -0.2) is 8.42 Å². The molecule has 9 heteroatoms. The highest BCUT2D eigenvalue weighted by atomic mass is 35.5. The van der Waals surface area contributed by atoms with E-state index in [1.54, 1.807) is 24.0 Å². The summed E-state index contributed by atoms with van der Waals surface area (Å²) in [6, 6.07) is 3.19. The van der Waals surface area contributed by atoms with Crippen LogP contribution in [0.5, 0.6) is 11.5 Å². The van der Waals surface area contributed by atoms with Crippen LogP contribution in [0.3, 0.4) is 0 Å². The molecule has 2 rings (SSSR count). The molecule has 1 aromatic carbocycles. The van der Waals surface area contributed by atoms with Crippen molar-refractivity contribution in [2.24, 2.45) is 5.92 Å². The van der Waals surface area contributed by atoms with Crippen molar-refractivity contribution in [2.45, 2.75) is 27.2 Å². The molecule has 0 atom stereocenters. The van der Waals surface area contributed by atoms with Crippen LogP contribution in [-0.2, 0) is 10.0 Å².